The maximum atomic E-state index is 12.8. The number of hydrogen-bond donors (Lipinski definition) is 1. The highest BCUT2D eigenvalue weighted by atomic mass is 35.5. The molecule has 0 atom stereocenters. The van der Waals surface area contributed by atoms with Gasteiger partial charge in [-0.15, -0.1) is 0 Å². The molecular weight excluding hydrogens is 419 g/mol. The molecule has 0 spiro atoms. The number of ketones is 1. The molecule has 0 saturated heterocycles. The Bertz CT molecular complexity index is 1130. The molecule has 3 aromatic rings. The van der Waals surface area contributed by atoms with Gasteiger partial charge in [0, 0.05) is 24.0 Å². The first-order valence-electron chi connectivity index (χ1n) is 9.14. The van der Waals surface area contributed by atoms with E-state index in [4.69, 9.17) is 11.6 Å². The topological polar surface area (TPSA) is 75.7 Å². The fourth-order valence-electron chi connectivity index (χ4n) is 2.82. The van der Waals surface area contributed by atoms with Gasteiger partial charge in [0.05, 0.1) is 10.6 Å². The molecular formula is C21H17ClF3N3O2. The second-order valence-corrected chi connectivity index (χ2v) is 7.01. The van der Waals surface area contributed by atoms with Gasteiger partial charge in [-0.3, -0.25) is 9.78 Å². The lowest BCUT2D eigenvalue weighted by Gasteiger charge is -2.09. The number of nitrogens with one attached hydrogen (secondary N) is 1. The zero-order chi connectivity index (χ0) is 21.9. The van der Waals surface area contributed by atoms with Gasteiger partial charge in [-0.1, -0.05) is 36.7 Å². The summed E-state index contributed by atoms with van der Waals surface area (Å²) in [5, 5.41) is 0.327. The summed E-state index contributed by atoms with van der Waals surface area (Å²) in [6.07, 6.45) is -3.12. The standard InChI is InChI=1S/C21H17ClF3N3O2/c1-2-15(29)9-3-12-4-10-17(22)16(11-12)19-26-18(27-20(30)28-19)13-5-7-14(8-6-13)21(23,24)25/h4-8,10-11H,2-3,9H2,1H3,(H,26,27,28,30). The maximum absolute atomic E-state index is 12.8. The van der Waals surface area contributed by atoms with Crippen LogP contribution in [0.4, 0.5) is 13.2 Å². The number of rotatable bonds is 6. The highest BCUT2D eigenvalue weighted by Gasteiger charge is 2.30. The number of carbonyl (C=O) groups is 1. The zero-order valence-corrected chi connectivity index (χ0v) is 16.6. The molecule has 1 N–H and O–H groups in total. The van der Waals surface area contributed by atoms with Crippen LogP contribution in [-0.2, 0) is 17.4 Å². The highest BCUT2D eigenvalue weighted by Crippen LogP contribution is 2.31. The second kappa shape index (κ2) is 8.79. The van der Waals surface area contributed by atoms with Gasteiger partial charge in [0.25, 0.3) is 0 Å². The van der Waals surface area contributed by atoms with E-state index in [9.17, 15) is 22.8 Å². The van der Waals surface area contributed by atoms with Gasteiger partial charge >= 0.3 is 11.9 Å². The highest BCUT2D eigenvalue weighted by molar-refractivity contribution is 6.33. The molecule has 2 aromatic carbocycles. The van der Waals surface area contributed by atoms with Crippen molar-refractivity contribution in [2.24, 2.45) is 0 Å². The minimum atomic E-state index is -4.47. The Morgan fingerprint density at radius 1 is 1.10 bits per heavy atom. The molecule has 0 saturated carbocycles. The van der Waals surface area contributed by atoms with E-state index >= 15 is 0 Å². The molecule has 1 aromatic heterocycles. The number of aryl methyl sites for hydroxylation is 1. The lowest BCUT2D eigenvalue weighted by atomic mass is 10.0. The molecule has 5 nitrogen and oxygen atoms in total. The van der Waals surface area contributed by atoms with Crippen LogP contribution >= 0.6 is 11.6 Å². The average molecular weight is 436 g/mol. The molecule has 0 amide bonds. The normalized spacial score (nSPS) is 11.5. The second-order valence-electron chi connectivity index (χ2n) is 6.61. The summed E-state index contributed by atoms with van der Waals surface area (Å²) in [4.78, 5) is 34.2. The number of benzene rings is 2. The Kier molecular flexibility index (Phi) is 6.36. The first kappa shape index (κ1) is 21.7. The van der Waals surface area contributed by atoms with Crippen LogP contribution in [0.5, 0.6) is 0 Å². The van der Waals surface area contributed by atoms with E-state index in [1.165, 1.54) is 12.1 Å². The largest absolute Gasteiger partial charge is 0.416 e. The molecule has 30 heavy (non-hydrogen) atoms. The summed E-state index contributed by atoms with van der Waals surface area (Å²) in [5.74, 6) is 0.246. The fourth-order valence-corrected chi connectivity index (χ4v) is 3.03. The van der Waals surface area contributed by atoms with E-state index in [1.54, 1.807) is 25.1 Å². The summed E-state index contributed by atoms with van der Waals surface area (Å²) >= 11 is 6.27. The Labute approximate surface area is 175 Å². The SMILES string of the molecule is CCC(=O)CCc1ccc(Cl)c(-c2nc(-c3ccc(C(F)(F)F)cc3)nc(=O)[nH]2)c1. The number of halogens is 4. The monoisotopic (exact) mass is 435 g/mol. The molecule has 0 fully saturated rings. The Hall–Kier alpha value is -3.00. The predicted octanol–water partition coefficient (Wildman–Crippen LogP) is 5.08. The third kappa shape index (κ3) is 5.13. The molecule has 3 rings (SSSR count). The molecule has 156 valence electrons. The van der Waals surface area contributed by atoms with Gasteiger partial charge in [-0.05, 0) is 36.2 Å². The molecule has 0 aliphatic rings. The van der Waals surface area contributed by atoms with Gasteiger partial charge in [0.1, 0.15) is 11.6 Å². The van der Waals surface area contributed by atoms with E-state index in [-0.39, 0.29) is 23.0 Å². The molecule has 1 heterocycles. The first-order chi connectivity index (χ1) is 14.2. The number of alkyl halides is 3. The Morgan fingerprint density at radius 3 is 2.43 bits per heavy atom. The van der Waals surface area contributed by atoms with E-state index in [2.05, 4.69) is 15.0 Å². The van der Waals surface area contributed by atoms with Gasteiger partial charge in [-0.2, -0.15) is 18.2 Å². The van der Waals surface area contributed by atoms with E-state index in [1.807, 2.05) is 0 Å². The van der Waals surface area contributed by atoms with Crippen LogP contribution in [0.2, 0.25) is 5.02 Å². The van der Waals surface area contributed by atoms with Crippen molar-refractivity contribution in [3.63, 3.8) is 0 Å². The van der Waals surface area contributed by atoms with Crippen molar-refractivity contribution in [2.75, 3.05) is 0 Å². The van der Waals surface area contributed by atoms with Crippen molar-refractivity contribution < 1.29 is 18.0 Å². The van der Waals surface area contributed by atoms with Crippen molar-refractivity contribution in [1.29, 1.82) is 0 Å². The summed E-state index contributed by atoms with van der Waals surface area (Å²) in [7, 11) is 0. The van der Waals surface area contributed by atoms with E-state index in [0.717, 1.165) is 17.7 Å². The minimum absolute atomic E-state index is 0.0231. The number of H-pyrrole nitrogens is 1. The van der Waals surface area contributed by atoms with Gasteiger partial charge < -0.3 is 0 Å². The van der Waals surface area contributed by atoms with E-state index < -0.39 is 17.4 Å². The van der Waals surface area contributed by atoms with Crippen LogP contribution in [0.15, 0.2) is 47.3 Å². The van der Waals surface area contributed by atoms with Gasteiger partial charge in [-0.25, -0.2) is 9.78 Å². The number of hydrogen-bond acceptors (Lipinski definition) is 4. The van der Waals surface area contributed by atoms with Crippen molar-refractivity contribution in [1.82, 2.24) is 15.0 Å². The number of aromatic nitrogens is 3. The quantitative estimate of drug-likeness (QED) is 0.585. The first-order valence-corrected chi connectivity index (χ1v) is 9.51. The number of aromatic amines is 1. The third-order valence-corrected chi connectivity index (χ3v) is 4.82. The Morgan fingerprint density at radius 2 is 1.80 bits per heavy atom. The average Bonchev–Trinajstić information content (AvgIpc) is 2.72. The fraction of sp³-hybridized carbons (Fsp3) is 0.238. The number of nitrogens with zero attached hydrogens (tertiary/aromatic N) is 2. The lowest BCUT2D eigenvalue weighted by molar-refractivity contribution is -0.137. The third-order valence-electron chi connectivity index (χ3n) is 4.49. The summed E-state index contributed by atoms with van der Waals surface area (Å²) < 4.78 is 38.3. The van der Waals surface area contributed by atoms with Gasteiger partial charge in [0.15, 0.2) is 5.82 Å². The van der Waals surface area contributed by atoms with Crippen molar-refractivity contribution in [3.8, 4) is 22.8 Å². The van der Waals surface area contributed by atoms with Gasteiger partial charge in [0.2, 0.25) is 0 Å². The van der Waals surface area contributed by atoms with Crippen LogP contribution in [-0.4, -0.2) is 20.7 Å². The molecule has 0 unspecified atom stereocenters. The molecule has 0 bridgehead atoms. The van der Waals surface area contributed by atoms with Crippen LogP contribution in [0.3, 0.4) is 0 Å². The molecule has 0 aliphatic carbocycles. The predicted molar refractivity (Wildman–Crippen MR) is 107 cm³/mol. The van der Waals surface area contributed by atoms with Crippen LogP contribution in [0, 0.1) is 0 Å². The molecule has 0 aliphatic heterocycles. The van der Waals surface area contributed by atoms with Crippen molar-refractivity contribution in [3.05, 3.63) is 69.1 Å². The zero-order valence-electron chi connectivity index (χ0n) is 15.9. The maximum Gasteiger partial charge on any atom is 0.416 e. The minimum Gasteiger partial charge on any atom is -0.300 e. The van der Waals surface area contributed by atoms with Crippen LogP contribution in [0.25, 0.3) is 22.8 Å². The molecule has 9 heteroatoms. The van der Waals surface area contributed by atoms with Crippen LogP contribution < -0.4 is 5.69 Å². The lowest BCUT2D eigenvalue weighted by Crippen LogP contribution is -2.14. The number of Topliss-reactive ketones (excluding diaryl/α,β-unsaturated/α-hetero) is 1. The smallest absolute Gasteiger partial charge is 0.300 e. The van der Waals surface area contributed by atoms with Crippen LogP contribution in [0.1, 0.15) is 30.9 Å². The Balaban J connectivity index is 1.97. The molecule has 0 radical (unpaired) electrons. The summed E-state index contributed by atoms with van der Waals surface area (Å²) in [6.45, 7) is 1.80. The van der Waals surface area contributed by atoms with Crippen molar-refractivity contribution in [2.45, 2.75) is 32.4 Å². The summed E-state index contributed by atoms with van der Waals surface area (Å²) in [6, 6.07) is 9.35. The van der Waals surface area contributed by atoms with E-state index in [0.29, 0.717) is 29.8 Å². The summed E-state index contributed by atoms with van der Waals surface area (Å²) in [5.41, 5.74) is 0.0138. The van der Waals surface area contributed by atoms with Crippen molar-refractivity contribution >= 4 is 17.4 Å². The number of carbonyl (C=O) groups excluding carboxylic acids is 1.